The van der Waals surface area contributed by atoms with Crippen molar-refractivity contribution in [1.82, 2.24) is 5.32 Å². The lowest BCUT2D eigenvalue weighted by Crippen LogP contribution is -2.54. The number of aryl methyl sites for hydroxylation is 1. The zero-order valence-corrected chi connectivity index (χ0v) is 12.2. The largest absolute Gasteiger partial charge is 0.481 e. The van der Waals surface area contributed by atoms with Gasteiger partial charge in [-0.3, -0.25) is 9.59 Å². The molecular weight excluding hydrogens is 300 g/mol. The second-order valence-corrected chi connectivity index (χ2v) is 6.76. The van der Waals surface area contributed by atoms with Crippen LogP contribution in [0.15, 0.2) is 15.4 Å². The Labute approximate surface area is 121 Å². The van der Waals surface area contributed by atoms with Gasteiger partial charge in [-0.25, -0.2) is 13.6 Å². The predicted octanol–water partition coefficient (Wildman–Crippen LogP) is 0.363. The van der Waals surface area contributed by atoms with Crippen LogP contribution >= 0.6 is 0 Å². The third-order valence-electron chi connectivity index (χ3n) is 3.58. The summed E-state index contributed by atoms with van der Waals surface area (Å²) >= 11 is 0. The molecule has 9 heteroatoms. The first kappa shape index (κ1) is 15.5. The van der Waals surface area contributed by atoms with E-state index >= 15 is 0 Å². The number of carboxylic acid groups (broad SMARTS) is 1. The van der Waals surface area contributed by atoms with Crippen molar-refractivity contribution < 1.29 is 27.5 Å². The van der Waals surface area contributed by atoms with Gasteiger partial charge in [0, 0.05) is 6.07 Å². The average Bonchev–Trinajstić information content (AvgIpc) is 2.67. The first-order valence-electron chi connectivity index (χ1n) is 6.30. The molecule has 8 nitrogen and oxygen atoms in total. The number of carboxylic acids is 1. The van der Waals surface area contributed by atoms with Crippen molar-refractivity contribution >= 4 is 21.9 Å². The number of amides is 1. The molecule has 1 aromatic heterocycles. The smallest absolute Gasteiger partial charge is 0.305 e. The Morgan fingerprint density at radius 3 is 2.48 bits per heavy atom. The fourth-order valence-electron chi connectivity index (χ4n) is 2.40. The fraction of sp³-hybridized carbons (Fsp3) is 0.500. The van der Waals surface area contributed by atoms with E-state index in [2.05, 4.69) is 5.32 Å². The molecule has 0 atom stereocenters. The molecule has 1 aliphatic carbocycles. The van der Waals surface area contributed by atoms with Gasteiger partial charge >= 0.3 is 5.97 Å². The lowest BCUT2D eigenvalue weighted by atomic mass is 9.74. The van der Waals surface area contributed by atoms with E-state index in [0.29, 0.717) is 12.8 Å². The molecule has 0 spiro atoms. The zero-order chi connectivity index (χ0) is 15.8. The Morgan fingerprint density at radius 2 is 2.10 bits per heavy atom. The molecule has 0 aliphatic heterocycles. The van der Waals surface area contributed by atoms with Crippen molar-refractivity contribution in [1.29, 1.82) is 0 Å². The Morgan fingerprint density at radius 1 is 1.48 bits per heavy atom. The molecular formula is C12H16N2O6S. The average molecular weight is 316 g/mol. The highest BCUT2D eigenvalue weighted by Gasteiger charge is 2.41. The standard InChI is InChI=1S/C12H16N2O6S/c1-7-9(21(13,18)19)5-8(20-7)11(17)14-12(3-2-4-12)6-10(15)16/h5H,2-4,6H2,1H3,(H,14,17)(H,15,16)(H2,13,18,19). The van der Waals surface area contributed by atoms with Gasteiger partial charge in [0.25, 0.3) is 5.91 Å². The minimum atomic E-state index is -3.97. The Hall–Kier alpha value is -1.87. The molecule has 1 aliphatic rings. The highest BCUT2D eigenvalue weighted by Crippen LogP contribution is 2.35. The van der Waals surface area contributed by atoms with E-state index in [1.807, 2.05) is 0 Å². The SMILES string of the molecule is Cc1oc(C(=O)NC2(CC(=O)O)CCC2)cc1S(N)(=O)=O. The molecule has 1 heterocycles. The summed E-state index contributed by atoms with van der Waals surface area (Å²) < 4.78 is 27.7. The molecule has 0 bridgehead atoms. The van der Waals surface area contributed by atoms with Crippen LogP contribution in [-0.4, -0.2) is 30.9 Å². The van der Waals surface area contributed by atoms with Crippen LogP contribution in [0, 0.1) is 6.92 Å². The van der Waals surface area contributed by atoms with Gasteiger partial charge in [0.1, 0.15) is 10.7 Å². The highest BCUT2D eigenvalue weighted by molar-refractivity contribution is 7.89. The summed E-state index contributed by atoms with van der Waals surface area (Å²) in [6, 6.07) is 1.05. The van der Waals surface area contributed by atoms with Crippen LogP contribution in [-0.2, 0) is 14.8 Å². The first-order chi connectivity index (χ1) is 9.63. The Bertz CT molecular complexity index is 687. The van der Waals surface area contributed by atoms with Crippen LogP contribution in [0.4, 0.5) is 0 Å². The molecule has 0 saturated heterocycles. The molecule has 2 rings (SSSR count). The van der Waals surface area contributed by atoms with Gasteiger partial charge in [-0.2, -0.15) is 0 Å². The van der Waals surface area contributed by atoms with Crippen molar-refractivity contribution in [2.45, 2.75) is 43.0 Å². The van der Waals surface area contributed by atoms with Crippen LogP contribution in [0.1, 0.15) is 42.0 Å². The third-order valence-corrected chi connectivity index (χ3v) is 4.60. The number of nitrogens with one attached hydrogen (secondary N) is 1. The quantitative estimate of drug-likeness (QED) is 0.716. The summed E-state index contributed by atoms with van der Waals surface area (Å²) in [6.07, 6.45) is 1.77. The number of carbonyl (C=O) groups is 2. The molecule has 21 heavy (non-hydrogen) atoms. The van der Waals surface area contributed by atoms with Crippen molar-refractivity contribution in [3.05, 3.63) is 17.6 Å². The number of primary sulfonamides is 1. The normalized spacial score (nSPS) is 17.0. The minimum Gasteiger partial charge on any atom is -0.481 e. The van der Waals surface area contributed by atoms with Gasteiger partial charge in [-0.05, 0) is 26.2 Å². The molecule has 0 aromatic carbocycles. The van der Waals surface area contributed by atoms with Crippen LogP contribution < -0.4 is 10.5 Å². The summed E-state index contributed by atoms with van der Waals surface area (Å²) in [5, 5.41) is 16.5. The van der Waals surface area contributed by atoms with E-state index in [4.69, 9.17) is 14.7 Å². The van der Waals surface area contributed by atoms with Crippen LogP contribution in [0.5, 0.6) is 0 Å². The van der Waals surface area contributed by atoms with Gasteiger partial charge in [-0.1, -0.05) is 0 Å². The summed E-state index contributed by atoms with van der Waals surface area (Å²) in [4.78, 5) is 22.7. The number of aliphatic carboxylic acids is 1. The summed E-state index contributed by atoms with van der Waals surface area (Å²) in [5.41, 5.74) is -0.786. The third kappa shape index (κ3) is 3.24. The van der Waals surface area contributed by atoms with E-state index in [1.54, 1.807) is 0 Å². The fourth-order valence-corrected chi connectivity index (χ4v) is 3.11. The summed E-state index contributed by atoms with van der Waals surface area (Å²) in [6.45, 7) is 1.38. The summed E-state index contributed by atoms with van der Waals surface area (Å²) in [7, 11) is -3.97. The Balaban J connectivity index is 2.19. The van der Waals surface area contributed by atoms with Crippen molar-refractivity contribution in [2.24, 2.45) is 5.14 Å². The molecule has 1 fully saturated rings. The van der Waals surface area contributed by atoms with E-state index in [9.17, 15) is 18.0 Å². The summed E-state index contributed by atoms with van der Waals surface area (Å²) in [5.74, 6) is -1.83. The topological polar surface area (TPSA) is 140 Å². The molecule has 4 N–H and O–H groups in total. The monoisotopic (exact) mass is 316 g/mol. The molecule has 1 saturated carbocycles. The van der Waals surface area contributed by atoms with E-state index in [0.717, 1.165) is 12.5 Å². The van der Waals surface area contributed by atoms with E-state index < -0.39 is 27.4 Å². The maximum absolute atomic E-state index is 12.1. The number of hydrogen-bond acceptors (Lipinski definition) is 5. The number of rotatable bonds is 5. The van der Waals surface area contributed by atoms with Gasteiger partial charge in [-0.15, -0.1) is 0 Å². The van der Waals surface area contributed by atoms with E-state index in [1.165, 1.54) is 6.92 Å². The van der Waals surface area contributed by atoms with Crippen molar-refractivity contribution in [3.63, 3.8) is 0 Å². The van der Waals surface area contributed by atoms with Crippen LogP contribution in [0.2, 0.25) is 0 Å². The number of furan rings is 1. The van der Waals surface area contributed by atoms with Crippen LogP contribution in [0.25, 0.3) is 0 Å². The maximum atomic E-state index is 12.1. The van der Waals surface area contributed by atoms with Gasteiger partial charge in [0.05, 0.1) is 12.0 Å². The predicted molar refractivity (Wildman–Crippen MR) is 71.1 cm³/mol. The number of carbonyl (C=O) groups excluding carboxylic acids is 1. The van der Waals surface area contributed by atoms with Gasteiger partial charge < -0.3 is 14.8 Å². The maximum Gasteiger partial charge on any atom is 0.305 e. The molecule has 0 unspecified atom stereocenters. The van der Waals surface area contributed by atoms with Crippen molar-refractivity contribution in [3.8, 4) is 0 Å². The van der Waals surface area contributed by atoms with Gasteiger partial charge in [0.2, 0.25) is 10.0 Å². The molecule has 0 radical (unpaired) electrons. The first-order valence-corrected chi connectivity index (χ1v) is 7.85. The second kappa shape index (κ2) is 5.15. The van der Waals surface area contributed by atoms with E-state index in [-0.39, 0.29) is 22.8 Å². The number of sulfonamides is 1. The molecule has 1 aromatic rings. The van der Waals surface area contributed by atoms with Crippen molar-refractivity contribution in [2.75, 3.05) is 0 Å². The highest BCUT2D eigenvalue weighted by atomic mass is 32.2. The second-order valence-electron chi connectivity index (χ2n) is 5.23. The zero-order valence-electron chi connectivity index (χ0n) is 11.4. The Kier molecular flexibility index (Phi) is 3.81. The van der Waals surface area contributed by atoms with Gasteiger partial charge in [0.15, 0.2) is 5.76 Å². The van der Waals surface area contributed by atoms with Crippen LogP contribution in [0.3, 0.4) is 0 Å². The minimum absolute atomic E-state index is 0.0172. The number of hydrogen-bond donors (Lipinski definition) is 3. The lowest BCUT2D eigenvalue weighted by Gasteiger charge is -2.41. The number of nitrogens with two attached hydrogens (primary N) is 1. The molecule has 1 amide bonds. The lowest BCUT2D eigenvalue weighted by molar-refractivity contribution is -0.139. The molecule has 116 valence electrons.